The minimum absolute atomic E-state index is 0.137. The van der Waals surface area contributed by atoms with Crippen LogP contribution in [0.25, 0.3) is 0 Å². The summed E-state index contributed by atoms with van der Waals surface area (Å²) in [6.45, 7) is 4.35. The molecule has 0 aliphatic rings. The summed E-state index contributed by atoms with van der Waals surface area (Å²) in [7, 11) is 0. The average Bonchev–Trinajstić information content (AvgIpc) is 2.47. The molecule has 0 atom stereocenters. The molecule has 21 heavy (non-hydrogen) atoms. The Kier molecular flexibility index (Phi) is 4.71. The van der Waals surface area contributed by atoms with Gasteiger partial charge in [-0.25, -0.2) is 9.78 Å². The summed E-state index contributed by atoms with van der Waals surface area (Å²) in [6, 6.07) is 9.51. The number of nitrogens with zero attached hydrogens (tertiary/aromatic N) is 2. The summed E-state index contributed by atoms with van der Waals surface area (Å²) in [4.78, 5) is 20.0. The lowest BCUT2D eigenvalue weighted by atomic mass is 10.1. The molecule has 1 aromatic heterocycles. The minimum atomic E-state index is -1.02. The minimum Gasteiger partial charge on any atom is -0.477 e. The van der Waals surface area contributed by atoms with Crippen LogP contribution in [0, 0.1) is 0 Å². The molecule has 6 nitrogen and oxygen atoms in total. The number of anilines is 3. The first-order valence-electron chi connectivity index (χ1n) is 6.85. The Bertz CT molecular complexity index is 629. The smallest absolute Gasteiger partial charge is 0.341 e. The summed E-state index contributed by atoms with van der Waals surface area (Å²) in [5.74, 6) is -0.289. The predicted molar refractivity (Wildman–Crippen MR) is 82.3 cm³/mol. The SMILES string of the molecule is CCNc1nc(Nc2ccccc2)nc(CC)c1C(=O)O. The lowest BCUT2D eigenvalue weighted by Gasteiger charge is -2.13. The van der Waals surface area contributed by atoms with Gasteiger partial charge in [0.2, 0.25) is 5.95 Å². The number of aromatic carboxylic acids is 1. The number of hydrogen-bond acceptors (Lipinski definition) is 5. The highest BCUT2D eigenvalue weighted by atomic mass is 16.4. The monoisotopic (exact) mass is 286 g/mol. The van der Waals surface area contributed by atoms with Crippen molar-refractivity contribution in [1.82, 2.24) is 9.97 Å². The number of rotatable bonds is 6. The van der Waals surface area contributed by atoms with Crippen LogP contribution in [0.2, 0.25) is 0 Å². The van der Waals surface area contributed by atoms with Gasteiger partial charge in [0.15, 0.2) is 0 Å². The molecule has 0 unspecified atom stereocenters. The van der Waals surface area contributed by atoms with Crippen LogP contribution in [0.5, 0.6) is 0 Å². The van der Waals surface area contributed by atoms with Crippen molar-refractivity contribution in [2.75, 3.05) is 17.2 Å². The largest absolute Gasteiger partial charge is 0.477 e. The van der Waals surface area contributed by atoms with Gasteiger partial charge in [-0.05, 0) is 25.5 Å². The quantitative estimate of drug-likeness (QED) is 0.757. The Morgan fingerprint density at radius 3 is 2.48 bits per heavy atom. The second kappa shape index (κ2) is 6.69. The van der Waals surface area contributed by atoms with E-state index in [0.29, 0.717) is 30.4 Å². The lowest BCUT2D eigenvalue weighted by molar-refractivity contribution is 0.0696. The zero-order valence-corrected chi connectivity index (χ0v) is 12.1. The van der Waals surface area contributed by atoms with E-state index >= 15 is 0 Å². The van der Waals surface area contributed by atoms with Crippen LogP contribution in [-0.2, 0) is 6.42 Å². The molecule has 0 saturated heterocycles. The summed E-state index contributed by atoms with van der Waals surface area (Å²) < 4.78 is 0. The third-order valence-corrected chi connectivity index (χ3v) is 2.91. The average molecular weight is 286 g/mol. The number of aromatic nitrogens is 2. The molecule has 0 fully saturated rings. The van der Waals surface area contributed by atoms with E-state index in [1.54, 1.807) is 0 Å². The fourth-order valence-electron chi connectivity index (χ4n) is 1.99. The van der Waals surface area contributed by atoms with Gasteiger partial charge in [-0.3, -0.25) is 0 Å². The first-order valence-corrected chi connectivity index (χ1v) is 6.85. The van der Waals surface area contributed by atoms with Crippen molar-refractivity contribution in [1.29, 1.82) is 0 Å². The zero-order chi connectivity index (χ0) is 15.2. The second-order valence-electron chi connectivity index (χ2n) is 4.40. The number of carboxylic acid groups (broad SMARTS) is 1. The van der Waals surface area contributed by atoms with E-state index in [1.807, 2.05) is 44.2 Å². The molecule has 2 aromatic rings. The van der Waals surface area contributed by atoms with E-state index < -0.39 is 5.97 Å². The van der Waals surface area contributed by atoms with Crippen LogP contribution in [0.15, 0.2) is 30.3 Å². The van der Waals surface area contributed by atoms with Crippen LogP contribution in [0.1, 0.15) is 29.9 Å². The summed E-state index contributed by atoms with van der Waals surface area (Å²) >= 11 is 0. The van der Waals surface area contributed by atoms with E-state index in [4.69, 9.17) is 0 Å². The normalized spacial score (nSPS) is 10.2. The van der Waals surface area contributed by atoms with Crippen molar-refractivity contribution >= 4 is 23.4 Å². The Balaban J connectivity index is 2.43. The number of para-hydroxylation sites is 1. The van der Waals surface area contributed by atoms with Crippen LogP contribution in [-0.4, -0.2) is 27.6 Å². The molecule has 0 radical (unpaired) electrons. The fraction of sp³-hybridized carbons (Fsp3) is 0.267. The van der Waals surface area contributed by atoms with E-state index in [9.17, 15) is 9.90 Å². The molecule has 6 heteroatoms. The van der Waals surface area contributed by atoms with Crippen LogP contribution < -0.4 is 10.6 Å². The molecule has 3 N–H and O–H groups in total. The molecular weight excluding hydrogens is 268 g/mol. The van der Waals surface area contributed by atoms with Crippen molar-refractivity contribution < 1.29 is 9.90 Å². The van der Waals surface area contributed by atoms with E-state index in [1.165, 1.54) is 0 Å². The highest BCUT2D eigenvalue weighted by Crippen LogP contribution is 2.21. The topological polar surface area (TPSA) is 87.1 Å². The van der Waals surface area contributed by atoms with Gasteiger partial charge < -0.3 is 15.7 Å². The van der Waals surface area contributed by atoms with Gasteiger partial charge in [0, 0.05) is 12.2 Å². The van der Waals surface area contributed by atoms with Crippen molar-refractivity contribution in [2.24, 2.45) is 0 Å². The number of nitrogens with one attached hydrogen (secondary N) is 2. The number of aryl methyl sites for hydroxylation is 1. The van der Waals surface area contributed by atoms with E-state index in [0.717, 1.165) is 5.69 Å². The molecule has 2 rings (SSSR count). The molecular formula is C15H18N4O2. The second-order valence-corrected chi connectivity index (χ2v) is 4.40. The molecule has 1 heterocycles. The molecule has 0 aliphatic carbocycles. The molecule has 110 valence electrons. The van der Waals surface area contributed by atoms with E-state index in [2.05, 4.69) is 20.6 Å². The summed E-state index contributed by atoms with van der Waals surface area (Å²) in [5.41, 5.74) is 1.50. The third-order valence-electron chi connectivity index (χ3n) is 2.91. The van der Waals surface area contributed by atoms with Crippen molar-refractivity contribution in [3.63, 3.8) is 0 Å². The molecule has 0 saturated carbocycles. The van der Waals surface area contributed by atoms with Gasteiger partial charge in [-0.2, -0.15) is 4.98 Å². The maximum absolute atomic E-state index is 11.4. The summed E-state index contributed by atoms with van der Waals surface area (Å²) in [5, 5.41) is 15.4. The first-order chi connectivity index (χ1) is 10.2. The first kappa shape index (κ1) is 14.8. The lowest BCUT2D eigenvalue weighted by Crippen LogP contribution is -2.14. The van der Waals surface area contributed by atoms with Crippen LogP contribution in [0.4, 0.5) is 17.5 Å². The Morgan fingerprint density at radius 2 is 1.90 bits per heavy atom. The van der Waals surface area contributed by atoms with Gasteiger partial charge in [0.05, 0.1) is 5.69 Å². The Morgan fingerprint density at radius 1 is 1.19 bits per heavy atom. The Hall–Kier alpha value is -2.63. The highest BCUT2D eigenvalue weighted by Gasteiger charge is 2.19. The van der Waals surface area contributed by atoms with Crippen molar-refractivity contribution in [3.05, 3.63) is 41.6 Å². The van der Waals surface area contributed by atoms with Crippen LogP contribution >= 0.6 is 0 Å². The fourth-order valence-corrected chi connectivity index (χ4v) is 1.99. The molecule has 0 aliphatic heterocycles. The van der Waals surface area contributed by atoms with Crippen molar-refractivity contribution in [3.8, 4) is 0 Å². The van der Waals surface area contributed by atoms with Gasteiger partial charge in [-0.15, -0.1) is 0 Å². The molecule has 1 aromatic carbocycles. The van der Waals surface area contributed by atoms with Gasteiger partial charge in [0.1, 0.15) is 11.4 Å². The highest BCUT2D eigenvalue weighted by molar-refractivity contribution is 5.94. The number of benzene rings is 1. The molecule has 0 amide bonds. The van der Waals surface area contributed by atoms with Crippen LogP contribution in [0.3, 0.4) is 0 Å². The van der Waals surface area contributed by atoms with Gasteiger partial charge in [-0.1, -0.05) is 25.1 Å². The molecule has 0 bridgehead atoms. The standard InChI is InChI=1S/C15H18N4O2/c1-3-11-12(14(20)21)13(16-4-2)19-15(18-11)17-10-8-6-5-7-9-10/h5-9H,3-4H2,1-2H3,(H,20,21)(H2,16,17,18,19). The maximum atomic E-state index is 11.4. The zero-order valence-electron chi connectivity index (χ0n) is 12.1. The van der Waals surface area contributed by atoms with Gasteiger partial charge in [0.25, 0.3) is 0 Å². The Labute approximate surface area is 123 Å². The number of carboxylic acids is 1. The maximum Gasteiger partial charge on any atom is 0.341 e. The summed E-state index contributed by atoms with van der Waals surface area (Å²) in [6.07, 6.45) is 0.520. The third kappa shape index (κ3) is 3.47. The number of hydrogen-bond donors (Lipinski definition) is 3. The predicted octanol–water partition coefficient (Wildman–Crippen LogP) is 2.91. The van der Waals surface area contributed by atoms with E-state index in [-0.39, 0.29) is 5.56 Å². The molecule has 0 spiro atoms. The van der Waals surface area contributed by atoms with Gasteiger partial charge >= 0.3 is 5.97 Å². The number of carbonyl (C=O) groups is 1. The van der Waals surface area contributed by atoms with Crippen molar-refractivity contribution in [2.45, 2.75) is 20.3 Å².